The Morgan fingerprint density at radius 3 is 2.65 bits per heavy atom. The van der Waals surface area contributed by atoms with Gasteiger partial charge in [0.25, 0.3) is 0 Å². The molecular formula is C14H10N2OS3. The van der Waals surface area contributed by atoms with Crippen LogP contribution in [0, 0.1) is 0 Å². The molecule has 2 aliphatic rings. The van der Waals surface area contributed by atoms with Crippen molar-refractivity contribution < 1.29 is 4.79 Å². The van der Waals surface area contributed by atoms with Crippen LogP contribution in [0.3, 0.4) is 0 Å². The van der Waals surface area contributed by atoms with Crippen LogP contribution < -0.4 is 0 Å². The molecular weight excluding hydrogens is 308 g/mol. The van der Waals surface area contributed by atoms with Gasteiger partial charge in [0.05, 0.1) is 5.70 Å². The molecule has 2 aliphatic heterocycles. The molecule has 1 aromatic rings. The zero-order chi connectivity index (χ0) is 13.9. The predicted octanol–water partition coefficient (Wildman–Crippen LogP) is 3.56. The zero-order valence-corrected chi connectivity index (χ0v) is 12.8. The van der Waals surface area contributed by atoms with E-state index in [-0.39, 0.29) is 5.78 Å². The van der Waals surface area contributed by atoms with E-state index in [4.69, 9.17) is 0 Å². The maximum atomic E-state index is 12.1. The summed E-state index contributed by atoms with van der Waals surface area (Å²) >= 11 is 4.36. The smallest absolute Gasteiger partial charge is 0.202 e. The highest BCUT2D eigenvalue weighted by Gasteiger charge is 2.33. The van der Waals surface area contributed by atoms with Crippen molar-refractivity contribution in [1.29, 1.82) is 0 Å². The van der Waals surface area contributed by atoms with Crippen molar-refractivity contribution in [2.45, 2.75) is 10.1 Å². The summed E-state index contributed by atoms with van der Waals surface area (Å²) in [6, 6.07) is 9.97. The lowest BCUT2D eigenvalue weighted by molar-refractivity contribution is -0.113. The number of aliphatic imine (C=N–C) groups is 2. The minimum Gasteiger partial charge on any atom is -0.291 e. The highest BCUT2D eigenvalue weighted by Crippen LogP contribution is 2.38. The Bertz CT molecular complexity index is 648. The molecule has 0 fully saturated rings. The predicted molar refractivity (Wildman–Crippen MR) is 89.8 cm³/mol. The highest BCUT2D eigenvalue weighted by molar-refractivity contribution is 8.82. The molecule has 0 aromatic heterocycles. The van der Waals surface area contributed by atoms with E-state index in [1.54, 1.807) is 29.2 Å². The van der Waals surface area contributed by atoms with E-state index < -0.39 is 5.25 Å². The van der Waals surface area contributed by atoms with Gasteiger partial charge in [0.2, 0.25) is 5.78 Å². The molecule has 0 N–H and O–H groups in total. The molecule has 0 spiro atoms. The number of hydrogen-bond acceptors (Lipinski definition) is 6. The minimum atomic E-state index is -0.483. The van der Waals surface area contributed by atoms with E-state index in [0.717, 1.165) is 4.90 Å². The second-order valence-electron chi connectivity index (χ2n) is 4.07. The molecule has 1 unspecified atom stereocenters. The number of Topliss-reactive ketones (excluding diaryl/α,β-unsaturated/α-hetero) is 1. The summed E-state index contributed by atoms with van der Waals surface area (Å²) < 4.78 is 0. The molecule has 0 aliphatic carbocycles. The highest BCUT2D eigenvalue weighted by atomic mass is 33.1. The van der Waals surface area contributed by atoms with Crippen molar-refractivity contribution >= 4 is 51.3 Å². The van der Waals surface area contributed by atoms with E-state index in [9.17, 15) is 4.79 Å². The molecule has 1 aromatic carbocycles. The molecule has 3 nitrogen and oxygen atoms in total. The van der Waals surface area contributed by atoms with E-state index in [0.29, 0.717) is 16.4 Å². The van der Waals surface area contributed by atoms with Gasteiger partial charge in [-0.3, -0.25) is 9.79 Å². The largest absolute Gasteiger partial charge is 0.291 e. The third kappa shape index (κ3) is 2.77. The van der Waals surface area contributed by atoms with Gasteiger partial charge in [0, 0.05) is 11.1 Å². The first-order valence-electron chi connectivity index (χ1n) is 5.91. The number of rotatable bonds is 2. The van der Waals surface area contributed by atoms with Crippen molar-refractivity contribution in [3.05, 3.63) is 53.9 Å². The second-order valence-corrected chi connectivity index (χ2v) is 6.81. The Morgan fingerprint density at radius 1 is 1.15 bits per heavy atom. The summed E-state index contributed by atoms with van der Waals surface area (Å²) in [4.78, 5) is 21.8. The topological polar surface area (TPSA) is 41.8 Å². The SMILES string of the molecule is O=C1C(=C2C=CC=N2)N=C(SSc2ccccc2)C1S. The summed E-state index contributed by atoms with van der Waals surface area (Å²) in [5, 5.41) is 0.230. The maximum absolute atomic E-state index is 12.1. The summed E-state index contributed by atoms with van der Waals surface area (Å²) in [7, 11) is 3.04. The first-order valence-corrected chi connectivity index (χ1v) is 8.58. The van der Waals surface area contributed by atoms with Crippen LogP contribution in [0.4, 0.5) is 0 Å². The monoisotopic (exact) mass is 318 g/mol. The lowest BCUT2D eigenvalue weighted by Crippen LogP contribution is -2.15. The van der Waals surface area contributed by atoms with Crippen LogP contribution in [0.15, 0.2) is 68.8 Å². The fourth-order valence-electron chi connectivity index (χ4n) is 1.72. The van der Waals surface area contributed by atoms with Crippen LogP contribution in [0.1, 0.15) is 0 Å². The molecule has 1 atom stereocenters. The second kappa shape index (κ2) is 6.03. The van der Waals surface area contributed by atoms with E-state index in [1.807, 2.05) is 30.3 Å². The number of nitrogens with zero attached hydrogens (tertiary/aromatic N) is 2. The average molecular weight is 318 g/mol. The van der Waals surface area contributed by atoms with Crippen LogP contribution in [0.25, 0.3) is 0 Å². The van der Waals surface area contributed by atoms with Crippen LogP contribution in [-0.4, -0.2) is 22.3 Å². The van der Waals surface area contributed by atoms with E-state index >= 15 is 0 Å². The molecule has 6 heteroatoms. The van der Waals surface area contributed by atoms with Gasteiger partial charge in [-0.25, -0.2) is 4.99 Å². The van der Waals surface area contributed by atoms with Gasteiger partial charge < -0.3 is 0 Å². The molecule has 0 bridgehead atoms. The first kappa shape index (κ1) is 13.7. The van der Waals surface area contributed by atoms with Crippen molar-refractivity contribution in [2.24, 2.45) is 9.98 Å². The van der Waals surface area contributed by atoms with Gasteiger partial charge in [-0.05, 0) is 35.1 Å². The molecule has 0 saturated carbocycles. The van der Waals surface area contributed by atoms with Crippen molar-refractivity contribution in [2.75, 3.05) is 0 Å². The summed E-state index contributed by atoms with van der Waals surface area (Å²) in [6.45, 7) is 0. The summed E-state index contributed by atoms with van der Waals surface area (Å²) in [5.74, 6) is -0.0804. The average Bonchev–Trinajstić information content (AvgIpc) is 3.09. The van der Waals surface area contributed by atoms with Crippen LogP contribution in [0.5, 0.6) is 0 Å². The van der Waals surface area contributed by atoms with Gasteiger partial charge in [-0.2, -0.15) is 12.6 Å². The van der Waals surface area contributed by atoms with Gasteiger partial charge in [0.15, 0.2) is 0 Å². The van der Waals surface area contributed by atoms with Crippen molar-refractivity contribution in [3.63, 3.8) is 0 Å². The van der Waals surface area contributed by atoms with Gasteiger partial charge in [-0.1, -0.05) is 29.0 Å². The van der Waals surface area contributed by atoms with E-state index in [2.05, 4.69) is 22.6 Å². The van der Waals surface area contributed by atoms with Gasteiger partial charge >= 0.3 is 0 Å². The first-order chi connectivity index (χ1) is 9.75. The lowest BCUT2D eigenvalue weighted by atomic mass is 10.2. The normalized spacial score (nSPS) is 24.6. The fraction of sp³-hybridized carbons (Fsp3) is 0.0714. The van der Waals surface area contributed by atoms with Crippen LogP contribution in [0.2, 0.25) is 0 Å². The Balaban J connectivity index is 1.78. The fourth-order valence-corrected chi connectivity index (χ4v) is 4.33. The maximum Gasteiger partial charge on any atom is 0.202 e. The Labute approximate surface area is 130 Å². The van der Waals surface area contributed by atoms with Crippen LogP contribution in [-0.2, 0) is 4.79 Å². The lowest BCUT2D eigenvalue weighted by Gasteiger charge is -2.03. The standard InChI is InChI=1S/C14H10N2OS3/c17-12-11(10-7-4-8-15-10)16-14(13(12)18)20-19-9-5-2-1-3-6-9/h1-8,13,18H. The molecule has 0 radical (unpaired) electrons. The number of carbonyl (C=O) groups is 1. The number of hydrogen-bond donors (Lipinski definition) is 1. The van der Waals surface area contributed by atoms with E-state index in [1.165, 1.54) is 10.8 Å². The third-order valence-electron chi connectivity index (χ3n) is 2.70. The number of benzene rings is 1. The zero-order valence-electron chi connectivity index (χ0n) is 10.3. The van der Waals surface area contributed by atoms with Crippen LogP contribution >= 0.6 is 34.2 Å². The number of ketones is 1. The summed E-state index contributed by atoms with van der Waals surface area (Å²) in [6.07, 6.45) is 5.24. The minimum absolute atomic E-state index is 0.0804. The molecule has 3 rings (SSSR count). The molecule has 2 heterocycles. The molecule has 20 heavy (non-hydrogen) atoms. The molecule has 0 saturated heterocycles. The number of carbonyl (C=O) groups excluding carboxylic acids is 1. The number of thiol groups is 1. The summed E-state index contributed by atoms with van der Waals surface area (Å²) in [5.41, 5.74) is 1.03. The van der Waals surface area contributed by atoms with Gasteiger partial charge in [-0.15, -0.1) is 0 Å². The number of allylic oxidation sites excluding steroid dienone is 3. The molecule has 100 valence electrons. The van der Waals surface area contributed by atoms with Crippen molar-refractivity contribution in [3.8, 4) is 0 Å². The molecule has 0 amide bonds. The van der Waals surface area contributed by atoms with Crippen molar-refractivity contribution in [1.82, 2.24) is 0 Å². The quantitative estimate of drug-likeness (QED) is 0.515. The third-order valence-corrected chi connectivity index (χ3v) is 5.74. The van der Waals surface area contributed by atoms with Gasteiger partial charge in [0.1, 0.15) is 16.0 Å². The Hall–Kier alpha value is -1.24. The Kier molecular flexibility index (Phi) is 4.14. The Morgan fingerprint density at radius 2 is 1.95 bits per heavy atom.